The molecule has 0 fully saturated rings. The molecule has 0 saturated heterocycles. The molecule has 37 heavy (non-hydrogen) atoms. The normalized spacial score (nSPS) is 11.5. The summed E-state index contributed by atoms with van der Waals surface area (Å²) in [4.78, 5) is 17.1. The Morgan fingerprint density at radius 1 is 1.00 bits per heavy atom. The predicted molar refractivity (Wildman–Crippen MR) is 143 cm³/mol. The van der Waals surface area contributed by atoms with Crippen LogP contribution < -0.4 is 10.1 Å². The van der Waals surface area contributed by atoms with Crippen LogP contribution >= 0.6 is 0 Å². The highest BCUT2D eigenvalue weighted by Crippen LogP contribution is 2.35. The highest BCUT2D eigenvalue weighted by molar-refractivity contribution is 5.99. The van der Waals surface area contributed by atoms with E-state index in [9.17, 15) is 4.39 Å². The number of fused-ring (bicyclic) bond motifs is 2. The Morgan fingerprint density at radius 3 is 2.73 bits per heavy atom. The van der Waals surface area contributed by atoms with Gasteiger partial charge in [0.15, 0.2) is 0 Å². The number of methoxy groups -OCH3 is 1. The lowest BCUT2D eigenvalue weighted by molar-refractivity contribution is 0.411. The number of aromatic nitrogens is 6. The van der Waals surface area contributed by atoms with E-state index in [0.717, 1.165) is 44.6 Å². The van der Waals surface area contributed by atoms with Crippen molar-refractivity contribution in [3.63, 3.8) is 0 Å². The van der Waals surface area contributed by atoms with E-state index in [2.05, 4.69) is 44.3 Å². The van der Waals surface area contributed by atoms with Crippen LogP contribution in [0.25, 0.3) is 55.8 Å². The maximum Gasteiger partial charge on any atom is 0.138 e. The summed E-state index contributed by atoms with van der Waals surface area (Å²) in [5.41, 5.74) is 7.78. The molecular weight excluding hydrogens is 469 g/mol. The summed E-state index contributed by atoms with van der Waals surface area (Å²) in [7, 11) is 1.52. The molecule has 6 aromatic rings. The molecule has 184 valence electrons. The molecule has 0 aliphatic heterocycles. The van der Waals surface area contributed by atoms with Crippen LogP contribution in [0.4, 0.5) is 10.1 Å². The number of halogens is 1. The number of nitrogens with one attached hydrogen (secondary N) is 3. The van der Waals surface area contributed by atoms with Gasteiger partial charge in [-0.15, -0.1) is 0 Å². The zero-order valence-electron chi connectivity index (χ0n) is 20.5. The maximum atomic E-state index is 14.2. The second-order valence-corrected chi connectivity index (χ2v) is 9.11. The van der Waals surface area contributed by atoms with E-state index >= 15 is 0 Å². The number of nitrogens with zero attached hydrogens (tertiary/aromatic N) is 4. The first-order chi connectivity index (χ1) is 18.0. The molecule has 8 nitrogen and oxygen atoms in total. The van der Waals surface area contributed by atoms with E-state index in [1.807, 2.05) is 30.3 Å². The highest BCUT2D eigenvalue weighted by atomic mass is 19.1. The molecule has 0 aliphatic carbocycles. The number of hydrogen-bond acceptors (Lipinski definition) is 6. The number of aromatic amines is 2. The van der Waals surface area contributed by atoms with Crippen molar-refractivity contribution in [2.45, 2.75) is 19.9 Å². The predicted octanol–water partition coefficient (Wildman–Crippen LogP) is 6.20. The minimum Gasteiger partial charge on any atom is -0.497 e. The number of pyridine rings is 3. The quantitative estimate of drug-likeness (QED) is 0.255. The fourth-order valence-corrected chi connectivity index (χ4v) is 4.48. The van der Waals surface area contributed by atoms with Crippen molar-refractivity contribution in [3.8, 4) is 39.5 Å². The Bertz CT molecular complexity index is 1760. The number of rotatable bonds is 6. The van der Waals surface area contributed by atoms with Gasteiger partial charge >= 0.3 is 0 Å². The molecular formula is C28H24FN7O. The third-order valence-electron chi connectivity index (χ3n) is 6.10. The molecule has 5 heterocycles. The number of benzene rings is 1. The van der Waals surface area contributed by atoms with E-state index in [1.54, 1.807) is 24.7 Å². The van der Waals surface area contributed by atoms with Crippen LogP contribution in [0.5, 0.6) is 5.75 Å². The van der Waals surface area contributed by atoms with E-state index in [-0.39, 0.29) is 5.82 Å². The molecule has 3 N–H and O–H groups in total. The summed E-state index contributed by atoms with van der Waals surface area (Å²) < 4.78 is 19.5. The zero-order valence-corrected chi connectivity index (χ0v) is 20.5. The van der Waals surface area contributed by atoms with Crippen molar-refractivity contribution < 1.29 is 9.13 Å². The SMILES string of the molecule is COc1cc(F)cc(-c2ccnc3[nH]c(-c4n[nH]c5ccc(-c6cncc(NC(C)C)c6)nc45)cc23)c1. The fourth-order valence-electron chi connectivity index (χ4n) is 4.48. The zero-order chi connectivity index (χ0) is 25.5. The molecule has 5 aromatic heterocycles. The van der Waals surface area contributed by atoms with Crippen molar-refractivity contribution in [2.24, 2.45) is 0 Å². The first-order valence-corrected chi connectivity index (χ1v) is 11.9. The fraction of sp³-hybridized carbons (Fsp3) is 0.143. The monoisotopic (exact) mass is 493 g/mol. The first-order valence-electron chi connectivity index (χ1n) is 11.9. The van der Waals surface area contributed by atoms with Gasteiger partial charge in [0.05, 0.1) is 29.7 Å². The van der Waals surface area contributed by atoms with E-state index in [1.165, 1.54) is 19.2 Å². The molecule has 9 heteroatoms. The molecule has 0 spiro atoms. The average molecular weight is 494 g/mol. The van der Waals surface area contributed by atoms with Crippen LogP contribution in [0.15, 0.2) is 67.1 Å². The highest BCUT2D eigenvalue weighted by Gasteiger charge is 2.17. The van der Waals surface area contributed by atoms with Gasteiger partial charge in [-0.3, -0.25) is 10.1 Å². The Balaban J connectivity index is 1.45. The van der Waals surface area contributed by atoms with Gasteiger partial charge < -0.3 is 15.0 Å². The van der Waals surface area contributed by atoms with E-state index in [4.69, 9.17) is 9.72 Å². The van der Waals surface area contributed by atoms with E-state index in [0.29, 0.717) is 28.7 Å². The standard InChI is InChI=1S/C28H24FN7O/c1-15(2)32-19-9-17(13-30-14-19)23-4-5-24-26(33-23)27(36-35-24)25-12-22-21(6-7-31-28(22)34-25)16-8-18(29)11-20(10-16)37-3/h4-15,32H,1-3H3,(H,31,34)(H,35,36). The average Bonchev–Trinajstić information content (AvgIpc) is 3.51. The second-order valence-electron chi connectivity index (χ2n) is 9.11. The molecule has 1 aromatic carbocycles. The number of ether oxygens (including phenoxy) is 1. The second kappa shape index (κ2) is 9.02. The Morgan fingerprint density at radius 2 is 1.89 bits per heavy atom. The molecule has 0 unspecified atom stereocenters. The molecule has 0 saturated carbocycles. The summed E-state index contributed by atoms with van der Waals surface area (Å²) >= 11 is 0. The molecule has 0 bridgehead atoms. The lowest BCUT2D eigenvalue weighted by Gasteiger charge is -2.10. The summed E-state index contributed by atoms with van der Waals surface area (Å²) in [5, 5.41) is 11.8. The third kappa shape index (κ3) is 4.24. The summed E-state index contributed by atoms with van der Waals surface area (Å²) in [6, 6.07) is 14.7. The van der Waals surface area contributed by atoms with Crippen molar-refractivity contribution in [1.82, 2.24) is 30.1 Å². The molecule has 6 rings (SSSR count). The maximum absolute atomic E-state index is 14.2. The number of anilines is 1. The van der Waals surface area contributed by atoms with Crippen molar-refractivity contribution >= 4 is 27.8 Å². The number of H-pyrrole nitrogens is 2. The van der Waals surface area contributed by atoms with Gasteiger partial charge in [-0.1, -0.05) is 0 Å². The van der Waals surface area contributed by atoms with Crippen molar-refractivity contribution in [3.05, 3.63) is 72.9 Å². The van der Waals surface area contributed by atoms with Gasteiger partial charge in [0.2, 0.25) is 0 Å². The smallest absolute Gasteiger partial charge is 0.138 e. The van der Waals surface area contributed by atoms with Crippen LogP contribution in [0.1, 0.15) is 13.8 Å². The third-order valence-corrected chi connectivity index (χ3v) is 6.10. The van der Waals surface area contributed by atoms with Crippen LogP contribution in [0, 0.1) is 5.82 Å². The topological polar surface area (TPSA) is 104 Å². The number of hydrogen-bond donors (Lipinski definition) is 3. The largest absolute Gasteiger partial charge is 0.497 e. The van der Waals surface area contributed by atoms with E-state index < -0.39 is 0 Å². The van der Waals surface area contributed by atoms with Crippen molar-refractivity contribution in [2.75, 3.05) is 12.4 Å². The minimum absolute atomic E-state index is 0.293. The summed E-state index contributed by atoms with van der Waals surface area (Å²) in [6.45, 7) is 4.17. The van der Waals surface area contributed by atoms with Crippen LogP contribution in [-0.2, 0) is 0 Å². The lowest BCUT2D eigenvalue weighted by atomic mass is 10.0. The van der Waals surface area contributed by atoms with Gasteiger partial charge in [-0.25, -0.2) is 14.4 Å². The molecule has 0 aliphatic rings. The Hall–Kier alpha value is -4.79. The van der Waals surface area contributed by atoms with Gasteiger partial charge in [0.1, 0.15) is 28.4 Å². The Labute approximate surface area is 212 Å². The molecule has 0 amide bonds. The first kappa shape index (κ1) is 22.7. The minimum atomic E-state index is -0.368. The molecule has 0 radical (unpaired) electrons. The van der Waals surface area contributed by atoms with Crippen LogP contribution in [-0.4, -0.2) is 43.3 Å². The summed E-state index contributed by atoms with van der Waals surface area (Å²) in [5.74, 6) is 0.0835. The van der Waals surface area contributed by atoms with Crippen molar-refractivity contribution in [1.29, 1.82) is 0 Å². The Kier molecular flexibility index (Phi) is 5.52. The van der Waals surface area contributed by atoms with Crippen LogP contribution in [0.2, 0.25) is 0 Å². The van der Waals surface area contributed by atoms with Crippen LogP contribution in [0.3, 0.4) is 0 Å². The van der Waals surface area contributed by atoms with Gasteiger partial charge in [-0.05, 0) is 67.4 Å². The lowest BCUT2D eigenvalue weighted by Crippen LogP contribution is -2.09. The van der Waals surface area contributed by atoms with Gasteiger partial charge in [0.25, 0.3) is 0 Å². The van der Waals surface area contributed by atoms with Gasteiger partial charge in [-0.2, -0.15) is 5.10 Å². The van der Waals surface area contributed by atoms with Gasteiger partial charge in [0, 0.05) is 41.6 Å². The molecule has 0 atom stereocenters. The summed E-state index contributed by atoms with van der Waals surface area (Å²) in [6.07, 6.45) is 5.29.